The molecular weight excluding hydrogens is 442 g/mol. The molecule has 0 bridgehead atoms. The van der Waals surface area contributed by atoms with E-state index in [0.717, 1.165) is 17.0 Å². The molecular formula is C22H23N7O3S. The number of hydrogen-bond donors (Lipinski definition) is 0. The summed E-state index contributed by atoms with van der Waals surface area (Å²) in [6, 6.07) is 14.4. The Morgan fingerprint density at radius 1 is 0.909 bits per heavy atom. The molecule has 1 aliphatic rings. The summed E-state index contributed by atoms with van der Waals surface area (Å²) in [5.41, 5.74) is 2.98. The normalized spacial score (nSPS) is 15.2. The van der Waals surface area contributed by atoms with Crippen LogP contribution in [0.1, 0.15) is 5.56 Å². The zero-order valence-corrected chi connectivity index (χ0v) is 19.1. The highest BCUT2D eigenvalue weighted by Crippen LogP contribution is 2.26. The van der Waals surface area contributed by atoms with Gasteiger partial charge in [0.2, 0.25) is 10.0 Å². The second kappa shape index (κ2) is 8.41. The first-order valence-electron chi connectivity index (χ1n) is 10.5. The molecule has 10 nitrogen and oxygen atoms in total. The van der Waals surface area contributed by atoms with Crippen molar-refractivity contribution in [2.75, 3.05) is 38.2 Å². The van der Waals surface area contributed by atoms with Gasteiger partial charge in [0.1, 0.15) is 12.1 Å². The molecule has 5 rings (SSSR count). The highest BCUT2D eigenvalue weighted by molar-refractivity contribution is 7.89. The molecule has 3 heterocycles. The number of piperazine rings is 1. The maximum absolute atomic E-state index is 13.0. The second-order valence-corrected chi connectivity index (χ2v) is 9.71. The fraction of sp³-hybridized carbons (Fsp3) is 0.273. The predicted octanol–water partition coefficient (Wildman–Crippen LogP) is 2.04. The van der Waals surface area contributed by atoms with Gasteiger partial charge in [-0.2, -0.15) is 8.99 Å². The third kappa shape index (κ3) is 3.89. The summed E-state index contributed by atoms with van der Waals surface area (Å²) in [5, 5.41) is 8.59. The number of rotatable bonds is 5. The van der Waals surface area contributed by atoms with E-state index in [1.165, 1.54) is 10.6 Å². The van der Waals surface area contributed by atoms with E-state index >= 15 is 0 Å². The maximum Gasteiger partial charge on any atom is 0.243 e. The number of aryl methyl sites for hydroxylation is 1. The summed E-state index contributed by atoms with van der Waals surface area (Å²) in [6.45, 7) is 3.63. The number of anilines is 1. The van der Waals surface area contributed by atoms with Gasteiger partial charge in [0.15, 0.2) is 17.0 Å². The van der Waals surface area contributed by atoms with Crippen molar-refractivity contribution >= 4 is 27.0 Å². The molecule has 1 fully saturated rings. The zero-order valence-electron chi connectivity index (χ0n) is 18.3. The lowest BCUT2D eigenvalue weighted by Crippen LogP contribution is -2.49. The SMILES string of the molecule is COc1ccc(-n2nnc3c(N4CCN(S(=O)(=O)c5ccc(C)cc5)CC4)ncnc32)cc1. The minimum atomic E-state index is -3.53. The summed E-state index contributed by atoms with van der Waals surface area (Å²) < 4.78 is 34.4. The third-order valence-corrected chi connectivity index (χ3v) is 7.65. The van der Waals surface area contributed by atoms with Crippen molar-refractivity contribution in [1.82, 2.24) is 29.3 Å². The fourth-order valence-corrected chi connectivity index (χ4v) is 5.29. The molecule has 1 aliphatic heterocycles. The van der Waals surface area contributed by atoms with Gasteiger partial charge in [0, 0.05) is 26.2 Å². The number of sulfonamides is 1. The van der Waals surface area contributed by atoms with Gasteiger partial charge in [-0.25, -0.2) is 18.4 Å². The molecule has 0 saturated carbocycles. The zero-order chi connectivity index (χ0) is 23.0. The average Bonchev–Trinajstić information content (AvgIpc) is 3.29. The summed E-state index contributed by atoms with van der Waals surface area (Å²) in [7, 11) is -1.92. The molecule has 4 aromatic rings. The van der Waals surface area contributed by atoms with Gasteiger partial charge in [-0.05, 0) is 43.3 Å². The van der Waals surface area contributed by atoms with E-state index in [9.17, 15) is 8.42 Å². The van der Waals surface area contributed by atoms with E-state index in [-0.39, 0.29) is 0 Å². The Kier molecular flexibility index (Phi) is 5.43. The van der Waals surface area contributed by atoms with E-state index < -0.39 is 10.0 Å². The van der Waals surface area contributed by atoms with Crippen molar-refractivity contribution in [3.8, 4) is 11.4 Å². The fourth-order valence-electron chi connectivity index (χ4n) is 3.87. The number of ether oxygens (including phenoxy) is 1. The van der Waals surface area contributed by atoms with E-state index in [2.05, 4.69) is 20.3 Å². The Morgan fingerprint density at radius 2 is 1.61 bits per heavy atom. The van der Waals surface area contributed by atoms with Crippen LogP contribution in [0, 0.1) is 6.92 Å². The van der Waals surface area contributed by atoms with Crippen LogP contribution in [-0.2, 0) is 10.0 Å². The number of fused-ring (bicyclic) bond motifs is 1. The monoisotopic (exact) mass is 465 g/mol. The van der Waals surface area contributed by atoms with Crippen LogP contribution in [0.15, 0.2) is 59.8 Å². The Bertz CT molecular complexity index is 1380. The van der Waals surface area contributed by atoms with Gasteiger partial charge in [0.05, 0.1) is 17.7 Å². The summed E-state index contributed by atoms with van der Waals surface area (Å²) >= 11 is 0. The smallest absolute Gasteiger partial charge is 0.243 e. The molecule has 33 heavy (non-hydrogen) atoms. The van der Waals surface area contributed by atoms with E-state index in [4.69, 9.17) is 4.74 Å². The van der Waals surface area contributed by atoms with Gasteiger partial charge in [-0.1, -0.05) is 22.9 Å². The lowest BCUT2D eigenvalue weighted by Gasteiger charge is -2.34. The Balaban J connectivity index is 1.37. The van der Waals surface area contributed by atoms with Crippen molar-refractivity contribution < 1.29 is 13.2 Å². The third-order valence-electron chi connectivity index (χ3n) is 5.73. The van der Waals surface area contributed by atoms with Crippen molar-refractivity contribution in [3.63, 3.8) is 0 Å². The van der Waals surface area contributed by atoms with Gasteiger partial charge in [0.25, 0.3) is 0 Å². The first kappa shape index (κ1) is 21.3. The van der Waals surface area contributed by atoms with Crippen LogP contribution in [0.4, 0.5) is 5.82 Å². The molecule has 0 amide bonds. The summed E-state index contributed by atoms with van der Waals surface area (Å²) in [5.74, 6) is 1.39. The van der Waals surface area contributed by atoms with Crippen LogP contribution in [0.3, 0.4) is 0 Å². The number of benzene rings is 2. The molecule has 0 aliphatic carbocycles. The van der Waals surface area contributed by atoms with E-state index in [0.29, 0.717) is 48.1 Å². The van der Waals surface area contributed by atoms with Gasteiger partial charge >= 0.3 is 0 Å². The minimum absolute atomic E-state index is 0.313. The van der Waals surface area contributed by atoms with Crippen molar-refractivity contribution in [1.29, 1.82) is 0 Å². The van der Waals surface area contributed by atoms with Crippen molar-refractivity contribution in [3.05, 3.63) is 60.4 Å². The minimum Gasteiger partial charge on any atom is -0.497 e. The highest BCUT2D eigenvalue weighted by Gasteiger charge is 2.30. The summed E-state index contributed by atoms with van der Waals surface area (Å²) in [4.78, 5) is 11.1. The summed E-state index contributed by atoms with van der Waals surface area (Å²) in [6.07, 6.45) is 1.48. The molecule has 170 valence electrons. The van der Waals surface area contributed by atoms with E-state index in [1.807, 2.05) is 48.2 Å². The number of methoxy groups -OCH3 is 1. The molecule has 0 N–H and O–H groups in total. The van der Waals surface area contributed by atoms with Crippen molar-refractivity contribution in [2.24, 2.45) is 0 Å². The Labute approximate surface area is 191 Å². The standard InChI is InChI=1S/C22H23N7O3S/c1-16-3-9-19(10-4-16)33(30,31)28-13-11-27(12-14-28)21-20-22(24-15-23-21)29(26-25-20)17-5-7-18(32-2)8-6-17/h3-10,15H,11-14H2,1-2H3. The quantitative estimate of drug-likeness (QED) is 0.441. The number of hydrogen-bond acceptors (Lipinski definition) is 8. The van der Waals surface area contributed by atoms with Crippen LogP contribution in [-0.4, -0.2) is 71.0 Å². The second-order valence-electron chi connectivity index (χ2n) is 7.77. The maximum atomic E-state index is 13.0. The molecule has 0 spiro atoms. The van der Waals surface area contributed by atoms with Gasteiger partial charge in [-0.3, -0.25) is 0 Å². The first-order chi connectivity index (χ1) is 16.0. The Hall–Kier alpha value is -3.57. The molecule has 2 aromatic carbocycles. The molecule has 1 saturated heterocycles. The van der Waals surface area contributed by atoms with Crippen LogP contribution in [0.25, 0.3) is 16.9 Å². The van der Waals surface area contributed by atoms with Gasteiger partial charge < -0.3 is 9.64 Å². The molecule has 11 heteroatoms. The van der Waals surface area contributed by atoms with Crippen LogP contribution < -0.4 is 9.64 Å². The molecule has 0 radical (unpaired) electrons. The van der Waals surface area contributed by atoms with Crippen LogP contribution >= 0.6 is 0 Å². The largest absolute Gasteiger partial charge is 0.497 e. The number of nitrogens with zero attached hydrogens (tertiary/aromatic N) is 7. The highest BCUT2D eigenvalue weighted by atomic mass is 32.2. The van der Waals surface area contributed by atoms with Gasteiger partial charge in [-0.15, -0.1) is 5.10 Å². The molecule has 2 aromatic heterocycles. The van der Waals surface area contributed by atoms with Crippen LogP contribution in [0.5, 0.6) is 5.75 Å². The molecule has 0 unspecified atom stereocenters. The predicted molar refractivity (Wildman–Crippen MR) is 123 cm³/mol. The number of aromatic nitrogens is 5. The topological polar surface area (TPSA) is 106 Å². The van der Waals surface area contributed by atoms with E-state index in [1.54, 1.807) is 23.9 Å². The molecule has 0 atom stereocenters. The lowest BCUT2D eigenvalue weighted by atomic mass is 10.2. The Morgan fingerprint density at radius 3 is 2.27 bits per heavy atom. The average molecular weight is 466 g/mol. The first-order valence-corrected chi connectivity index (χ1v) is 11.9. The van der Waals surface area contributed by atoms with Crippen molar-refractivity contribution in [2.45, 2.75) is 11.8 Å². The lowest BCUT2D eigenvalue weighted by molar-refractivity contribution is 0.384. The van der Waals surface area contributed by atoms with Crippen LogP contribution in [0.2, 0.25) is 0 Å².